The van der Waals surface area contributed by atoms with Gasteiger partial charge >= 0.3 is 0 Å². The summed E-state index contributed by atoms with van der Waals surface area (Å²) in [4.78, 5) is 12.1. The lowest BCUT2D eigenvalue weighted by molar-refractivity contribution is -0.121. The highest BCUT2D eigenvalue weighted by atomic mass is 19.1. The maximum atomic E-state index is 13.6. The molecular weight excluding hydrogens is 243 g/mol. The number of nitrogens with one attached hydrogen (secondary N) is 1. The number of amides is 1. The van der Waals surface area contributed by atoms with E-state index in [0.717, 1.165) is 31.2 Å². The third kappa shape index (κ3) is 3.53. The van der Waals surface area contributed by atoms with Crippen molar-refractivity contribution in [2.75, 3.05) is 11.9 Å². The van der Waals surface area contributed by atoms with E-state index in [2.05, 4.69) is 5.32 Å². The molecule has 1 saturated carbocycles. The van der Waals surface area contributed by atoms with Gasteiger partial charge < -0.3 is 11.1 Å². The molecule has 0 spiro atoms. The van der Waals surface area contributed by atoms with E-state index in [0.29, 0.717) is 12.5 Å². The fraction of sp³-hybridized carbons (Fsp3) is 0.533. The highest BCUT2D eigenvalue weighted by molar-refractivity contribution is 5.92. The standard InChI is InChI=1S/C15H21FN2O/c1-10-2-7-13(16)14(8-10)18-15(19)12-5-3-11(9-17)4-6-12/h2,7-8,11-12H,3-6,9,17H2,1H3,(H,18,19). The lowest BCUT2D eigenvalue weighted by Gasteiger charge is -2.26. The van der Waals surface area contributed by atoms with Gasteiger partial charge in [0.15, 0.2) is 0 Å². The molecule has 0 saturated heterocycles. The lowest BCUT2D eigenvalue weighted by Crippen LogP contribution is -2.29. The summed E-state index contributed by atoms with van der Waals surface area (Å²) in [6.07, 6.45) is 3.68. The Morgan fingerprint density at radius 2 is 2.05 bits per heavy atom. The lowest BCUT2D eigenvalue weighted by atomic mass is 9.81. The van der Waals surface area contributed by atoms with E-state index >= 15 is 0 Å². The van der Waals surface area contributed by atoms with Crippen molar-refractivity contribution in [2.24, 2.45) is 17.6 Å². The van der Waals surface area contributed by atoms with Gasteiger partial charge in [-0.1, -0.05) is 6.07 Å². The van der Waals surface area contributed by atoms with Crippen LogP contribution in [0.1, 0.15) is 31.2 Å². The second-order valence-corrected chi connectivity index (χ2v) is 5.43. The summed E-state index contributed by atoms with van der Waals surface area (Å²) in [5.41, 5.74) is 6.85. The minimum Gasteiger partial charge on any atom is -0.330 e. The average molecular weight is 264 g/mol. The summed E-state index contributed by atoms with van der Waals surface area (Å²) in [7, 11) is 0. The number of rotatable bonds is 3. The number of carbonyl (C=O) groups excluding carboxylic acids is 1. The summed E-state index contributed by atoms with van der Waals surface area (Å²) >= 11 is 0. The second-order valence-electron chi connectivity index (χ2n) is 5.43. The fourth-order valence-electron chi connectivity index (χ4n) is 2.63. The smallest absolute Gasteiger partial charge is 0.227 e. The van der Waals surface area contributed by atoms with Crippen molar-refractivity contribution in [1.29, 1.82) is 0 Å². The van der Waals surface area contributed by atoms with Gasteiger partial charge in [-0.15, -0.1) is 0 Å². The van der Waals surface area contributed by atoms with Crippen LogP contribution < -0.4 is 11.1 Å². The summed E-state index contributed by atoms with van der Waals surface area (Å²) < 4.78 is 13.6. The predicted octanol–water partition coefficient (Wildman–Crippen LogP) is 2.84. The zero-order chi connectivity index (χ0) is 13.8. The summed E-state index contributed by atoms with van der Waals surface area (Å²) in [5.74, 6) is 0.0806. The SMILES string of the molecule is Cc1ccc(F)c(NC(=O)C2CCC(CN)CC2)c1. The maximum absolute atomic E-state index is 13.6. The summed E-state index contributed by atoms with van der Waals surface area (Å²) in [6, 6.07) is 4.74. The third-order valence-corrected chi connectivity index (χ3v) is 3.93. The van der Waals surface area contributed by atoms with Crippen molar-refractivity contribution in [3.05, 3.63) is 29.6 Å². The Labute approximate surface area is 113 Å². The largest absolute Gasteiger partial charge is 0.330 e. The molecule has 2 rings (SSSR count). The molecule has 0 bridgehead atoms. The van der Waals surface area contributed by atoms with Crippen LogP contribution in [-0.4, -0.2) is 12.5 Å². The molecule has 0 aromatic heterocycles. The molecule has 4 heteroatoms. The average Bonchev–Trinajstić information content (AvgIpc) is 2.43. The summed E-state index contributed by atoms with van der Waals surface area (Å²) in [5, 5.41) is 2.71. The number of aryl methyl sites for hydroxylation is 1. The van der Waals surface area contributed by atoms with Crippen LogP contribution >= 0.6 is 0 Å². The second kappa shape index (κ2) is 6.15. The van der Waals surface area contributed by atoms with Gasteiger partial charge in [0.25, 0.3) is 0 Å². The normalized spacial score (nSPS) is 23.1. The first kappa shape index (κ1) is 14.0. The monoisotopic (exact) mass is 264 g/mol. The molecule has 0 unspecified atom stereocenters. The van der Waals surface area contributed by atoms with Gasteiger partial charge in [0.1, 0.15) is 5.82 Å². The summed E-state index contributed by atoms with van der Waals surface area (Å²) in [6.45, 7) is 2.57. The van der Waals surface area contributed by atoms with Gasteiger partial charge in [-0.2, -0.15) is 0 Å². The van der Waals surface area contributed by atoms with Gasteiger partial charge in [0.2, 0.25) is 5.91 Å². The van der Waals surface area contributed by atoms with Crippen LogP contribution in [0.2, 0.25) is 0 Å². The fourth-order valence-corrected chi connectivity index (χ4v) is 2.63. The number of nitrogens with two attached hydrogens (primary N) is 1. The first-order chi connectivity index (χ1) is 9.10. The van der Waals surface area contributed by atoms with Crippen molar-refractivity contribution in [3.8, 4) is 0 Å². The number of carbonyl (C=O) groups is 1. The number of anilines is 1. The molecule has 0 heterocycles. The first-order valence-electron chi connectivity index (χ1n) is 6.87. The van der Waals surface area contributed by atoms with Crippen LogP contribution in [0.4, 0.5) is 10.1 Å². The Hall–Kier alpha value is -1.42. The molecular formula is C15H21FN2O. The highest BCUT2D eigenvalue weighted by Crippen LogP contribution is 2.29. The van der Waals surface area contributed by atoms with Crippen molar-refractivity contribution in [2.45, 2.75) is 32.6 Å². The Kier molecular flexibility index (Phi) is 4.53. The van der Waals surface area contributed by atoms with Crippen LogP contribution in [0.5, 0.6) is 0 Å². The van der Waals surface area contributed by atoms with Crippen molar-refractivity contribution >= 4 is 11.6 Å². The zero-order valence-corrected chi connectivity index (χ0v) is 11.3. The van der Waals surface area contributed by atoms with Crippen LogP contribution in [0.25, 0.3) is 0 Å². The predicted molar refractivity (Wildman–Crippen MR) is 74.3 cm³/mol. The van der Waals surface area contributed by atoms with E-state index in [1.54, 1.807) is 12.1 Å². The molecule has 0 aliphatic heterocycles. The van der Waals surface area contributed by atoms with Gasteiger partial charge in [-0.3, -0.25) is 4.79 Å². The molecule has 1 aromatic rings. The zero-order valence-electron chi connectivity index (χ0n) is 11.3. The minimum atomic E-state index is -0.380. The highest BCUT2D eigenvalue weighted by Gasteiger charge is 2.26. The van der Waals surface area contributed by atoms with Crippen molar-refractivity contribution in [1.82, 2.24) is 0 Å². The van der Waals surface area contributed by atoms with Crippen LogP contribution in [0.3, 0.4) is 0 Å². The quantitative estimate of drug-likeness (QED) is 0.882. The topological polar surface area (TPSA) is 55.1 Å². The van der Waals surface area contributed by atoms with Crippen LogP contribution in [0, 0.1) is 24.6 Å². The Bertz CT molecular complexity index is 453. The van der Waals surface area contributed by atoms with E-state index in [9.17, 15) is 9.18 Å². The van der Waals surface area contributed by atoms with Crippen molar-refractivity contribution < 1.29 is 9.18 Å². The molecule has 3 nitrogen and oxygen atoms in total. The molecule has 1 fully saturated rings. The van der Waals surface area contributed by atoms with E-state index in [4.69, 9.17) is 5.73 Å². The van der Waals surface area contributed by atoms with Gasteiger partial charge in [0, 0.05) is 5.92 Å². The molecule has 0 radical (unpaired) electrons. The molecule has 1 aliphatic carbocycles. The Balaban J connectivity index is 1.96. The van der Waals surface area contributed by atoms with Gasteiger partial charge in [-0.25, -0.2) is 4.39 Å². The van der Waals surface area contributed by atoms with Gasteiger partial charge in [-0.05, 0) is 62.8 Å². The third-order valence-electron chi connectivity index (χ3n) is 3.93. The number of benzene rings is 1. The minimum absolute atomic E-state index is 0.0114. The molecule has 1 aliphatic rings. The van der Waals surface area contributed by atoms with Gasteiger partial charge in [0.05, 0.1) is 5.69 Å². The molecule has 1 aromatic carbocycles. The number of hydrogen-bond acceptors (Lipinski definition) is 2. The molecule has 19 heavy (non-hydrogen) atoms. The van der Waals surface area contributed by atoms with Crippen molar-refractivity contribution in [3.63, 3.8) is 0 Å². The van der Waals surface area contributed by atoms with Crippen LogP contribution in [0.15, 0.2) is 18.2 Å². The van der Waals surface area contributed by atoms with E-state index in [1.165, 1.54) is 6.07 Å². The van der Waals surface area contributed by atoms with Crippen LogP contribution in [-0.2, 0) is 4.79 Å². The Morgan fingerprint density at radius 3 is 2.68 bits per heavy atom. The molecule has 3 N–H and O–H groups in total. The molecule has 104 valence electrons. The van der Waals surface area contributed by atoms with E-state index < -0.39 is 0 Å². The molecule has 0 atom stereocenters. The first-order valence-corrected chi connectivity index (χ1v) is 6.87. The van der Waals surface area contributed by atoms with E-state index in [1.807, 2.05) is 6.92 Å². The maximum Gasteiger partial charge on any atom is 0.227 e. The number of hydrogen-bond donors (Lipinski definition) is 2. The molecule has 1 amide bonds. The Morgan fingerprint density at radius 1 is 1.37 bits per heavy atom. The van der Waals surface area contributed by atoms with E-state index in [-0.39, 0.29) is 23.3 Å². The number of halogens is 1.